The van der Waals surface area contributed by atoms with Crippen LogP contribution in [0.4, 0.5) is 0 Å². The standard InChI is InChI=1S/C30H37ClN2O4/c1-27-8-10-29(31)14-21-25(35)26(36)22(33(2)3)15-28(21)9-11-30(29,37-28)23(27)7-6-20(27)17-4-5-18-16-32-24(34)13-19(18)12-17/h4-6,12-13,16,21-23,25-26,35-36H,7-11,14-15H2,1-3H3,(H,32,34). The van der Waals surface area contributed by atoms with E-state index in [1.54, 1.807) is 12.3 Å². The largest absolute Gasteiger partial charge is 0.390 e. The van der Waals surface area contributed by atoms with E-state index in [-0.39, 0.29) is 28.9 Å². The highest BCUT2D eigenvalue weighted by atomic mass is 35.5. The van der Waals surface area contributed by atoms with Gasteiger partial charge in [-0.25, -0.2) is 0 Å². The average molecular weight is 525 g/mol. The van der Waals surface area contributed by atoms with Gasteiger partial charge < -0.3 is 24.8 Å². The van der Waals surface area contributed by atoms with Crippen LogP contribution >= 0.6 is 11.6 Å². The zero-order valence-electron chi connectivity index (χ0n) is 21.8. The van der Waals surface area contributed by atoms with Crippen molar-refractivity contribution in [3.8, 4) is 0 Å². The molecule has 2 aliphatic heterocycles. The second-order valence-corrected chi connectivity index (χ2v) is 13.7. The number of benzene rings is 1. The highest BCUT2D eigenvalue weighted by Gasteiger charge is 2.76. The topological polar surface area (TPSA) is 85.8 Å². The van der Waals surface area contributed by atoms with Crippen molar-refractivity contribution in [3.05, 3.63) is 52.5 Å². The number of likely N-dealkylation sites (N-methyl/N-ethyl adjacent to an activating group) is 1. The molecule has 37 heavy (non-hydrogen) atoms. The number of aliphatic hydroxyl groups is 2. The molecule has 2 saturated heterocycles. The summed E-state index contributed by atoms with van der Waals surface area (Å²) >= 11 is 7.62. The van der Waals surface area contributed by atoms with Crippen molar-refractivity contribution >= 4 is 27.9 Å². The maximum absolute atomic E-state index is 12.0. The first kappa shape index (κ1) is 24.3. The van der Waals surface area contributed by atoms with Gasteiger partial charge in [0.15, 0.2) is 0 Å². The molecule has 2 bridgehead atoms. The summed E-state index contributed by atoms with van der Waals surface area (Å²) in [5, 5.41) is 24.2. The number of allylic oxidation sites excluding steroid dienone is 2. The van der Waals surface area contributed by atoms with Crippen molar-refractivity contribution in [2.24, 2.45) is 17.3 Å². The van der Waals surface area contributed by atoms with Gasteiger partial charge >= 0.3 is 0 Å². The van der Waals surface area contributed by atoms with Crippen LogP contribution in [-0.4, -0.2) is 68.5 Å². The molecule has 2 saturated carbocycles. The number of aliphatic hydroxyl groups excluding tert-OH is 2. The Morgan fingerprint density at radius 1 is 1.05 bits per heavy atom. The van der Waals surface area contributed by atoms with Gasteiger partial charge in [-0.1, -0.05) is 25.1 Å². The van der Waals surface area contributed by atoms with E-state index in [9.17, 15) is 15.0 Å². The van der Waals surface area contributed by atoms with Crippen molar-refractivity contribution in [2.75, 3.05) is 14.1 Å². The monoisotopic (exact) mass is 524 g/mol. The van der Waals surface area contributed by atoms with E-state index >= 15 is 0 Å². The van der Waals surface area contributed by atoms with Crippen LogP contribution in [0.5, 0.6) is 0 Å². The summed E-state index contributed by atoms with van der Waals surface area (Å²) in [6, 6.07) is 7.95. The summed E-state index contributed by atoms with van der Waals surface area (Å²) in [5.74, 6) is 0.0989. The number of aromatic nitrogens is 1. The number of aromatic amines is 1. The van der Waals surface area contributed by atoms with Gasteiger partial charge in [-0.15, -0.1) is 11.6 Å². The van der Waals surface area contributed by atoms with E-state index in [1.165, 1.54) is 11.1 Å². The second-order valence-electron chi connectivity index (χ2n) is 13.0. The van der Waals surface area contributed by atoms with Crippen molar-refractivity contribution < 1.29 is 14.9 Å². The van der Waals surface area contributed by atoms with Gasteiger partial charge in [0.25, 0.3) is 0 Å². The lowest BCUT2D eigenvalue weighted by atomic mass is 9.52. The predicted octanol–water partition coefficient (Wildman–Crippen LogP) is 4.07. The highest BCUT2D eigenvalue weighted by molar-refractivity contribution is 6.25. The minimum Gasteiger partial charge on any atom is -0.390 e. The molecule has 3 heterocycles. The third-order valence-corrected chi connectivity index (χ3v) is 11.9. The van der Waals surface area contributed by atoms with Crippen molar-refractivity contribution in [1.82, 2.24) is 9.88 Å². The Hall–Kier alpha value is -1.70. The molecule has 1 aromatic carbocycles. The third-order valence-electron chi connectivity index (χ3n) is 11.3. The number of alkyl halides is 1. The molecule has 198 valence electrons. The lowest BCUT2D eigenvalue weighted by Crippen LogP contribution is -2.72. The molecule has 9 atom stereocenters. The fraction of sp³-hybridized carbons (Fsp3) is 0.633. The van der Waals surface area contributed by atoms with E-state index in [1.807, 2.05) is 19.0 Å². The number of H-pyrrole nitrogens is 1. The molecule has 1 aromatic heterocycles. The molecular formula is C30H37ClN2O4. The van der Waals surface area contributed by atoms with Crippen LogP contribution in [0, 0.1) is 17.3 Å². The summed E-state index contributed by atoms with van der Waals surface area (Å²) < 4.78 is 7.32. The van der Waals surface area contributed by atoms with Crippen LogP contribution in [0.1, 0.15) is 57.4 Å². The van der Waals surface area contributed by atoms with E-state index in [0.29, 0.717) is 6.42 Å². The normalized spacial score (nSPS) is 46.5. The lowest BCUT2D eigenvalue weighted by Gasteiger charge is -2.65. The SMILES string of the molecule is CN(C)C1CC23CCC4(O2)C2CC=C(c5ccc6c[nH]c(=O)cc6c5)C2(C)CCC4(Cl)CC3C(O)C1O. The molecule has 7 rings (SSSR count). The quantitative estimate of drug-likeness (QED) is 0.516. The van der Waals surface area contributed by atoms with E-state index in [2.05, 4.69) is 36.2 Å². The molecular weight excluding hydrogens is 488 g/mol. The Morgan fingerprint density at radius 3 is 2.65 bits per heavy atom. The summed E-state index contributed by atoms with van der Waals surface area (Å²) in [5.41, 5.74) is 1.44. The van der Waals surface area contributed by atoms with E-state index in [4.69, 9.17) is 16.3 Å². The summed E-state index contributed by atoms with van der Waals surface area (Å²) in [7, 11) is 3.94. The molecule has 3 aliphatic carbocycles. The van der Waals surface area contributed by atoms with Gasteiger partial charge in [-0.2, -0.15) is 0 Å². The van der Waals surface area contributed by atoms with Crippen molar-refractivity contribution in [2.45, 2.75) is 86.2 Å². The number of pyridine rings is 1. The van der Waals surface area contributed by atoms with Crippen LogP contribution < -0.4 is 5.56 Å². The molecule has 4 fully saturated rings. The van der Waals surface area contributed by atoms with Crippen LogP contribution in [0.2, 0.25) is 0 Å². The van der Waals surface area contributed by atoms with Crippen LogP contribution in [0.15, 0.2) is 41.3 Å². The van der Waals surface area contributed by atoms with Crippen LogP contribution in [-0.2, 0) is 4.74 Å². The van der Waals surface area contributed by atoms with E-state index < -0.39 is 28.3 Å². The molecule has 0 radical (unpaired) electrons. The van der Waals surface area contributed by atoms with Gasteiger partial charge in [0, 0.05) is 30.1 Å². The highest BCUT2D eigenvalue weighted by Crippen LogP contribution is 2.73. The zero-order chi connectivity index (χ0) is 26.0. The number of ether oxygens (including phenoxy) is 1. The lowest BCUT2D eigenvalue weighted by molar-refractivity contribution is -0.276. The molecule has 2 aromatic rings. The Balaban J connectivity index is 1.27. The maximum Gasteiger partial charge on any atom is 0.248 e. The Labute approximate surface area is 222 Å². The third kappa shape index (κ3) is 3.05. The second kappa shape index (κ2) is 7.70. The molecule has 5 aliphatic rings. The van der Waals surface area contributed by atoms with Crippen molar-refractivity contribution in [3.63, 3.8) is 0 Å². The number of hydrogen-bond donors (Lipinski definition) is 3. The molecule has 2 spiro atoms. The van der Waals surface area contributed by atoms with Crippen LogP contribution in [0.25, 0.3) is 16.3 Å². The summed E-state index contributed by atoms with van der Waals surface area (Å²) in [6.45, 7) is 2.38. The fourth-order valence-corrected chi connectivity index (χ4v) is 9.86. The Bertz CT molecular complexity index is 1370. The summed E-state index contributed by atoms with van der Waals surface area (Å²) in [4.78, 5) is 16.2. The molecule has 6 nitrogen and oxygen atoms in total. The Morgan fingerprint density at radius 2 is 1.86 bits per heavy atom. The number of rotatable bonds is 2. The molecule has 0 amide bonds. The van der Waals surface area contributed by atoms with Gasteiger partial charge in [-0.05, 0) is 92.4 Å². The van der Waals surface area contributed by atoms with Gasteiger partial charge in [-0.3, -0.25) is 4.79 Å². The first-order valence-corrected chi connectivity index (χ1v) is 14.2. The van der Waals surface area contributed by atoms with E-state index in [0.717, 1.165) is 49.3 Å². The minimum atomic E-state index is -0.834. The zero-order valence-corrected chi connectivity index (χ0v) is 22.6. The van der Waals surface area contributed by atoms with Gasteiger partial charge in [0.2, 0.25) is 5.56 Å². The first-order chi connectivity index (χ1) is 17.5. The minimum absolute atomic E-state index is 0.0839. The molecule has 3 N–H and O–H groups in total. The predicted molar refractivity (Wildman–Crippen MR) is 145 cm³/mol. The maximum atomic E-state index is 12.0. The Kier molecular flexibility index (Phi) is 5.06. The number of fused-ring (bicyclic) bond motifs is 2. The number of nitrogens with zero attached hydrogens (tertiary/aromatic N) is 1. The number of hydrogen-bond acceptors (Lipinski definition) is 5. The van der Waals surface area contributed by atoms with Gasteiger partial charge in [0.1, 0.15) is 0 Å². The van der Waals surface area contributed by atoms with Crippen molar-refractivity contribution in [1.29, 1.82) is 0 Å². The fourth-order valence-electron chi connectivity index (χ4n) is 9.34. The number of nitrogens with one attached hydrogen (secondary N) is 1. The first-order valence-electron chi connectivity index (χ1n) is 13.8. The smallest absolute Gasteiger partial charge is 0.248 e. The van der Waals surface area contributed by atoms with Crippen LogP contribution in [0.3, 0.4) is 0 Å². The van der Waals surface area contributed by atoms with Gasteiger partial charge in [0.05, 0.1) is 28.3 Å². The molecule has 7 heteroatoms. The summed E-state index contributed by atoms with van der Waals surface area (Å²) in [6.07, 6.45) is 8.39. The number of halogens is 1. The molecule has 9 unspecified atom stereocenters. The average Bonchev–Trinajstić information content (AvgIpc) is 3.39.